The van der Waals surface area contributed by atoms with Crippen molar-refractivity contribution in [3.8, 4) is 0 Å². The maximum Gasteiger partial charge on any atom is 0.490 e. The molecule has 17 heavy (non-hydrogen) atoms. The summed E-state index contributed by atoms with van der Waals surface area (Å²) >= 11 is 0. The lowest BCUT2D eigenvalue weighted by atomic mass is 10.2. The van der Waals surface area contributed by atoms with Gasteiger partial charge in [0.05, 0.1) is 6.54 Å². The summed E-state index contributed by atoms with van der Waals surface area (Å²) in [6, 6.07) is -1.21. The first-order valence-corrected chi connectivity index (χ1v) is 4.04. The third-order valence-corrected chi connectivity index (χ3v) is 1.62. The number of aliphatic carboxylic acids is 1. The number of hydrogen-bond donors (Lipinski definition) is 2. The zero-order chi connectivity index (χ0) is 13.7. The maximum atomic E-state index is 12.5. The number of rotatable bonds is 1. The van der Waals surface area contributed by atoms with Crippen LogP contribution in [0.3, 0.4) is 0 Å². The first-order chi connectivity index (χ1) is 7.61. The van der Waals surface area contributed by atoms with Gasteiger partial charge in [-0.15, -0.1) is 0 Å². The van der Waals surface area contributed by atoms with Gasteiger partial charge >= 0.3 is 12.1 Å². The Hall–Kier alpha value is -1.61. The Labute approximate surface area is 91.0 Å². The Morgan fingerprint density at radius 3 is 2.24 bits per heavy atom. The van der Waals surface area contributed by atoms with E-state index >= 15 is 0 Å². The summed E-state index contributed by atoms with van der Waals surface area (Å²) in [7, 11) is 0. The second kappa shape index (κ2) is 5.64. The number of carboxylic acids is 1. The van der Waals surface area contributed by atoms with Crippen molar-refractivity contribution in [1.29, 1.82) is 0 Å². The third kappa shape index (κ3) is 5.31. The van der Waals surface area contributed by atoms with Crippen molar-refractivity contribution in [2.24, 2.45) is 5.11 Å². The summed E-state index contributed by atoms with van der Waals surface area (Å²) in [4.78, 5) is 11.2. The van der Waals surface area contributed by atoms with Crippen molar-refractivity contribution in [1.82, 2.24) is 5.32 Å². The fraction of sp³-hybridized carbons (Fsp3) is 0.833. The summed E-state index contributed by atoms with van der Waals surface area (Å²) in [5.41, 5.74) is 7.86. The van der Waals surface area contributed by atoms with Gasteiger partial charge in [-0.3, -0.25) is 0 Å². The molecule has 98 valence electrons. The van der Waals surface area contributed by atoms with Crippen LogP contribution >= 0.6 is 0 Å². The minimum absolute atomic E-state index is 0.0665. The molecule has 2 N–H and O–H groups in total. The fourth-order valence-corrected chi connectivity index (χ4v) is 0.830. The summed E-state index contributed by atoms with van der Waals surface area (Å²) in [6.45, 7) is -0.326. The normalized spacial score (nSPS) is 22.1. The van der Waals surface area contributed by atoms with Crippen LogP contribution in [0, 0.1) is 0 Å². The Balaban J connectivity index is 0.000000325. The lowest BCUT2D eigenvalue weighted by Crippen LogP contribution is -2.29. The van der Waals surface area contributed by atoms with Crippen LogP contribution in [0.25, 0.3) is 10.4 Å². The molecule has 0 aliphatic carbocycles. The molecule has 1 atom stereocenters. The largest absolute Gasteiger partial charge is 0.490 e. The van der Waals surface area contributed by atoms with Gasteiger partial charge in [0, 0.05) is 11.5 Å². The Kier molecular flexibility index (Phi) is 5.10. The van der Waals surface area contributed by atoms with Gasteiger partial charge in [0.25, 0.3) is 5.92 Å². The third-order valence-electron chi connectivity index (χ3n) is 1.62. The molecule has 1 unspecified atom stereocenters. The molecule has 11 heteroatoms. The quantitative estimate of drug-likeness (QED) is 0.324. The SMILES string of the molecule is O=C(O)C(F)(F)F.[N-]=[N+]=NC1CNCC1(F)F. The number of carbonyl (C=O) groups is 1. The number of carboxylic acid groups (broad SMARTS) is 1. The van der Waals surface area contributed by atoms with Crippen molar-refractivity contribution in [3.63, 3.8) is 0 Å². The Morgan fingerprint density at radius 2 is 2.00 bits per heavy atom. The molecule has 0 saturated carbocycles. The predicted molar refractivity (Wildman–Crippen MR) is 44.4 cm³/mol. The molecule has 1 aliphatic rings. The number of hydrogen-bond acceptors (Lipinski definition) is 3. The molecular weight excluding hydrogens is 255 g/mol. The van der Waals surface area contributed by atoms with E-state index in [0.717, 1.165) is 0 Å². The molecule has 0 amide bonds. The van der Waals surface area contributed by atoms with Gasteiger partial charge in [-0.2, -0.15) is 13.2 Å². The smallest absolute Gasteiger partial charge is 0.475 e. The first-order valence-electron chi connectivity index (χ1n) is 4.04. The number of halogens is 5. The summed E-state index contributed by atoms with van der Waals surface area (Å²) in [5, 5.41) is 12.5. The molecule has 6 nitrogen and oxygen atoms in total. The summed E-state index contributed by atoms with van der Waals surface area (Å²) in [5.74, 6) is -5.63. The zero-order valence-corrected chi connectivity index (χ0v) is 8.08. The van der Waals surface area contributed by atoms with Gasteiger partial charge < -0.3 is 10.4 Å². The molecule has 0 aromatic rings. The van der Waals surface area contributed by atoms with Gasteiger partial charge in [-0.05, 0) is 5.53 Å². The van der Waals surface area contributed by atoms with Crippen molar-refractivity contribution in [2.75, 3.05) is 13.1 Å². The summed E-state index contributed by atoms with van der Waals surface area (Å²) < 4.78 is 56.7. The van der Waals surface area contributed by atoms with Gasteiger partial charge in [-0.25, -0.2) is 13.6 Å². The zero-order valence-electron chi connectivity index (χ0n) is 8.08. The van der Waals surface area contributed by atoms with E-state index in [2.05, 4.69) is 15.3 Å². The molecule has 0 spiro atoms. The molecule has 1 rings (SSSR count). The van der Waals surface area contributed by atoms with Gasteiger partial charge in [0.2, 0.25) is 0 Å². The molecule has 1 heterocycles. The number of nitrogens with zero attached hydrogens (tertiary/aromatic N) is 3. The topological polar surface area (TPSA) is 98.1 Å². The fourth-order valence-electron chi connectivity index (χ4n) is 0.830. The average molecular weight is 262 g/mol. The molecule has 1 saturated heterocycles. The van der Waals surface area contributed by atoms with Crippen molar-refractivity contribution < 1.29 is 31.9 Å². The molecule has 1 fully saturated rings. The van der Waals surface area contributed by atoms with E-state index in [1.165, 1.54) is 0 Å². The highest BCUT2D eigenvalue weighted by Gasteiger charge is 2.43. The molecule has 0 radical (unpaired) electrons. The lowest BCUT2D eigenvalue weighted by Gasteiger charge is -2.10. The van der Waals surface area contributed by atoms with Crippen LogP contribution < -0.4 is 5.32 Å². The minimum Gasteiger partial charge on any atom is -0.475 e. The number of nitrogens with one attached hydrogen (secondary N) is 1. The highest BCUT2D eigenvalue weighted by Crippen LogP contribution is 2.24. The van der Waals surface area contributed by atoms with Crippen molar-refractivity contribution in [3.05, 3.63) is 10.4 Å². The van der Waals surface area contributed by atoms with Crippen LogP contribution in [0.1, 0.15) is 0 Å². The highest BCUT2D eigenvalue weighted by molar-refractivity contribution is 5.73. The first kappa shape index (κ1) is 15.4. The molecule has 0 aromatic carbocycles. The monoisotopic (exact) mass is 262 g/mol. The highest BCUT2D eigenvalue weighted by atomic mass is 19.4. The van der Waals surface area contributed by atoms with Gasteiger partial charge in [0.1, 0.15) is 6.04 Å². The molecule has 0 bridgehead atoms. The van der Waals surface area contributed by atoms with E-state index in [0.29, 0.717) is 0 Å². The molecule has 0 aromatic heterocycles. The van der Waals surface area contributed by atoms with Crippen LogP contribution in [0.2, 0.25) is 0 Å². The predicted octanol–water partition coefficient (Wildman–Crippen LogP) is 1.54. The summed E-state index contributed by atoms with van der Waals surface area (Å²) in [6.07, 6.45) is -5.08. The maximum absolute atomic E-state index is 12.5. The van der Waals surface area contributed by atoms with E-state index < -0.39 is 30.7 Å². The molecule has 1 aliphatic heterocycles. The van der Waals surface area contributed by atoms with Crippen LogP contribution in [0.15, 0.2) is 5.11 Å². The van der Waals surface area contributed by atoms with Gasteiger partial charge in [-0.1, -0.05) is 5.11 Å². The van der Waals surface area contributed by atoms with Crippen LogP contribution in [-0.2, 0) is 4.79 Å². The lowest BCUT2D eigenvalue weighted by molar-refractivity contribution is -0.192. The van der Waals surface area contributed by atoms with Crippen LogP contribution in [0.4, 0.5) is 22.0 Å². The minimum atomic E-state index is -5.08. The molecular formula is C6H7F5N4O2. The van der Waals surface area contributed by atoms with Gasteiger partial charge in [0.15, 0.2) is 0 Å². The second-order valence-corrected chi connectivity index (χ2v) is 2.92. The van der Waals surface area contributed by atoms with E-state index in [4.69, 9.17) is 15.4 Å². The van der Waals surface area contributed by atoms with E-state index in [-0.39, 0.29) is 6.54 Å². The van der Waals surface area contributed by atoms with Crippen LogP contribution in [-0.4, -0.2) is 42.3 Å². The van der Waals surface area contributed by atoms with E-state index in [1.54, 1.807) is 0 Å². The van der Waals surface area contributed by atoms with Crippen molar-refractivity contribution in [2.45, 2.75) is 18.1 Å². The Morgan fingerprint density at radius 1 is 1.53 bits per heavy atom. The Bertz CT molecular complexity index is 325. The average Bonchev–Trinajstić information content (AvgIpc) is 2.46. The van der Waals surface area contributed by atoms with E-state index in [1.807, 2.05) is 0 Å². The van der Waals surface area contributed by atoms with E-state index in [9.17, 15) is 22.0 Å². The second-order valence-electron chi connectivity index (χ2n) is 2.92. The van der Waals surface area contributed by atoms with Crippen LogP contribution in [0.5, 0.6) is 0 Å². The number of azide groups is 1. The standard InChI is InChI=1S/C4H6F2N4.C2HF3O2/c5-4(6)2-8-1-3(4)9-10-7;3-2(4,5)1(6)7/h3,8H,1-2H2;(H,6,7). The number of alkyl halides is 5. The van der Waals surface area contributed by atoms with Crippen molar-refractivity contribution >= 4 is 5.97 Å².